The van der Waals surface area contributed by atoms with Crippen LogP contribution in [-0.4, -0.2) is 40.1 Å². The van der Waals surface area contributed by atoms with Crippen LogP contribution >= 0.6 is 0 Å². The predicted molar refractivity (Wildman–Crippen MR) is 121 cm³/mol. The van der Waals surface area contributed by atoms with Gasteiger partial charge in [-0.3, -0.25) is 19.1 Å². The van der Waals surface area contributed by atoms with E-state index in [1.165, 1.54) is 29.1 Å². The molecule has 4 rings (SSSR count). The van der Waals surface area contributed by atoms with E-state index >= 15 is 0 Å². The fraction of sp³-hybridized carbons (Fsp3) is 0.208. The van der Waals surface area contributed by atoms with Gasteiger partial charge in [0.2, 0.25) is 0 Å². The van der Waals surface area contributed by atoms with Gasteiger partial charge in [-0.15, -0.1) is 0 Å². The number of aromatic nitrogens is 2. The zero-order valence-electron chi connectivity index (χ0n) is 18.6. The lowest BCUT2D eigenvalue weighted by atomic mass is 10.1. The second kappa shape index (κ2) is 8.34. The fourth-order valence-electron chi connectivity index (χ4n) is 3.78. The maximum absolute atomic E-state index is 13.1. The van der Waals surface area contributed by atoms with Crippen molar-refractivity contribution < 1.29 is 23.9 Å². The first-order valence-corrected chi connectivity index (χ1v) is 10.3. The number of amides is 3. The summed E-state index contributed by atoms with van der Waals surface area (Å²) in [5.74, 6) is -1.94. The molecular formula is C24H22N4O5. The van der Waals surface area contributed by atoms with Gasteiger partial charge in [0.15, 0.2) is 0 Å². The van der Waals surface area contributed by atoms with Gasteiger partial charge in [0, 0.05) is 12.6 Å². The van der Waals surface area contributed by atoms with E-state index < -0.39 is 23.7 Å². The summed E-state index contributed by atoms with van der Waals surface area (Å²) in [5.41, 5.74) is 2.96. The third kappa shape index (κ3) is 3.78. The smallest absolute Gasteiger partial charge is 0.343 e. The van der Waals surface area contributed by atoms with Crippen molar-refractivity contribution in [2.75, 3.05) is 16.8 Å². The predicted octanol–water partition coefficient (Wildman–Crippen LogP) is 3.27. The molecular weight excluding hydrogens is 424 g/mol. The van der Waals surface area contributed by atoms with Crippen molar-refractivity contribution in [3.05, 3.63) is 76.0 Å². The molecule has 0 atom stereocenters. The Hall–Kier alpha value is -4.27. The van der Waals surface area contributed by atoms with Gasteiger partial charge in [0.25, 0.3) is 17.7 Å². The molecule has 9 nitrogen and oxygen atoms in total. The number of hydrogen-bond acceptors (Lipinski definition) is 6. The minimum atomic E-state index is -0.611. The summed E-state index contributed by atoms with van der Waals surface area (Å²) < 4.78 is 6.34. The van der Waals surface area contributed by atoms with Crippen LogP contribution in [0.25, 0.3) is 0 Å². The minimum absolute atomic E-state index is 0.112. The van der Waals surface area contributed by atoms with E-state index in [1.54, 1.807) is 20.0 Å². The summed E-state index contributed by atoms with van der Waals surface area (Å²) in [6, 6.07) is 9.77. The average molecular weight is 446 g/mol. The highest BCUT2D eigenvalue weighted by Crippen LogP contribution is 2.31. The molecule has 0 spiro atoms. The molecule has 1 aliphatic heterocycles. The van der Waals surface area contributed by atoms with Crippen molar-refractivity contribution in [3.8, 4) is 0 Å². The summed E-state index contributed by atoms with van der Waals surface area (Å²) in [6.07, 6.45) is 1.31. The largest absolute Gasteiger partial charge is 0.462 e. The molecule has 1 N–H and O–H groups in total. The number of fused-ring (bicyclic) bond motifs is 1. The van der Waals surface area contributed by atoms with E-state index in [4.69, 9.17) is 4.74 Å². The molecule has 0 saturated carbocycles. The summed E-state index contributed by atoms with van der Waals surface area (Å²) in [4.78, 5) is 52.2. The van der Waals surface area contributed by atoms with Gasteiger partial charge in [-0.2, -0.15) is 5.10 Å². The quantitative estimate of drug-likeness (QED) is 0.476. The van der Waals surface area contributed by atoms with Crippen LogP contribution in [0, 0.1) is 13.8 Å². The Bertz CT molecular complexity index is 1320. The standard InChI is InChI=1S/C24H22N4O5/c1-5-33-24(32)18-12-25-27(4)20(18)26-21(29)15-7-8-16-17(11-15)23(31)28(22(16)30)19-9-6-13(2)10-14(19)3/h6-12H,5H2,1-4H3,(H,26,29). The normalized spacial score (nSPS) is 12.7. The molecule has 2 heterocycles. The van der Waals surface area contributed by atoms with Gasteiger partial charge < -0.3 is 10.1 Å². The van der Waals surface area contributed by atoms with E-state index in [1.807, 2.05) is 26.0 Å². The molecule has 0 bridgehead atoms. The van der Waals surface area contributed by atoms with Crippen LogP contribution in [0.4, 0.5) is 11.5 Å². The van der Waals surface area contributed by atoms with E-state index in [-0.39, 0.29) is 34.7 Å². The first-order valence-electron chi connectivity index (χ1n) is 10.3. The molecule has 3 amide bonds. The van der Waals surface area contributed by atoms with Gasteiger partial charge >= 0.3 is 5.97 Å². The number of carbonyl (C=O) groups is 4. The lowest BCUT2D eigenvalue weighted by Gasteiger charge is -2.16. The Morgan fingerprint density at radius 1 is 1.03 bits per heavy atom. The third-order valence-electron chi connectivity index (χ3n) is 5.41. The molecule has 2 aromatic carbocycles. The maximum Gasteiger partial charge on any atom is 0.343 e. The number of hydrogen-bond donors (Lipinski definition) is 1. The van der Waals surface area contributed by atoms with Crippen LogP contribution in [0.1, 0.15) is 59.5 Å². The summed E-state index contributed by atoms with van der Waals surface area (Å²) in [7, 11) is 1.57. The number of anilines is 2. The monoisotopic (exact) mass is 446 g/mol. The summed E-state index contributed by atoms with van der Waals surface area (Å²) in [6.45, 7) is 5.62. The number of nitrogens with one attached hydrogen (secondary N) is 1. The molecule has 1 aromatic heterocycles. The first kappa shape index (κ1) is 21.9. The number of imide groups is 1. The zero-order chi connectivity index (χ0) is 23.9. The van der Waals surface area contributed by atoms with Crippen molar-refractivity contribution in [3.63, 3.8) is 0 Å². The number of benzene rings is 2. The Morgan fingerprint density at radius 3 is 2.45 bits per heavy atom. The Morgan fingerprint density at radius 2 is 1.76 bits per heavy atom. The average Bonchev–Trinajstić information content (AvgIpc) is 3.26. The van der Waals surface area contributed by atoms with Gasteiger partial charge in [-0.25, -0.2) is 9.69 Å². The van der Waals surface area contributed by atoms with Crippen molar-refractivity contribution in [1.29, 1.82) is 0 Å². The van der Waals surface area contributed by atoms with E-state index in [0.717, 1.165) is 16.0 Å². The Balaban J connectivity index is 1.63. The number of carbonyl (C=O) groups excluding carboxylic acids is 4. The highest BCUT2D eigenvalue weighted by atomic mass is 16.5. The van der Waals surface area contributed by atoms with Gasteiger partial charge in [0.1, 0.15) is 11.4 Å². The lowest BCUT2D eigenvalue weighted by Crippen LogP contribution is -2.30. The summed E-state index contributed by atoms with van der Waals surface area (Å²) in [5, 5.41) is 6.64. The van der Waals surface area contributed by atoms with Crippen LogP contribution in [-0.2, 0) is 11.8 Å². The minimum Gasteiger partial charge on any atom is -0.462 e. The van der Waals surface area contributed by atoms with Crippen LogP contribution in [0.15, 0.2) is 42.6 Å². The highest BCUT2D eigenvalue weighted by molar-refractivity contribution is 6.35. The molecule has 0 radical (unpaired) electrons. The van der Waals surface area contributed by atoms with Crippen molar-refractivity contribution in [1.82, 2.24) is 9.78 Å². The SMILES string of the molecule is CCOC(=O)c1cnn(C)c1NC(=O)c1ccc2c(c1)C(=O)N(c1ccc(C)cc1C)C2=O. The molecule has 9 heteroatoms. The molecule has 0 aliphatic carbocycles. The van der Waals surface area contributed by atoms with E-state index in [2.05, 4.69) is 10.4 Å². The maximum atomic E-state index is 13.1. The van der Waals surface area contributed by atoms with Crippen molar-refractivity contribution in [2.45, 2.75) is 20.8 Å². The van der Waals surface area contributed by atoms with Crippen LogP contribution in [0.3, 0.4) is 0 Å². The van der Waals surface area contributed by atoms with Crippen molar-refractivity contribution in [2.24, 2.45) is 7.05 Å². The van der Waals surface area contributed by atoms with Gasteiger partial charge in [-0.05, 0) is 50.6 Å². The molecule has 0 saturated heterocycles. The summed E-state index contributed by atoms with van der Waals surface area (Å²) >= 11 is 0. The topological polar surface area (TPSA) is 111 Å². The Kier molecular flexibility index (Phi) is 5.55. The van der Waals surface area contributed by atoms with Gasteiger partial charge in [0.05, 0.1) is 29.6 Å². The van der Waals surface area contributed by atoms with Crippen LogP contribution < -0.4 is 10.2 Å². The van der Waals surface area contributed by atoms with E-state index in [9.17, 15) is 19.2 Å². The molecule has 33 heavy (non-hydrogen) atoms. The second-order valence-electron chi connectivity index (χ2n) is 7.70. The lowest BCUT2D eigenvalue weighted by molar-refractivity contribution is 0.0527. The van der Waals surface area contributed by atoms with E-state index in [0.29, 0.717) is 5.69 Å². The molecule has 0 fully saturated rings. The van der Waals surface area contributed by atoms with Crippen LogP contribution in [0.2, 0.25) is 0 Å². The molecule has 3 aromatic rings. The number of nitrogens with zero attached hydrogens (tertiary/aromatic N) is 3. The van der Waals surface area contributed by atoms with Crippen LogP contribution in [0.5, 0.6) is 0 Å². The number of esters is 1. The zero-order valence-corrected chi connectivity index (χ0v) is 18.6. The second-order valence-corrected chi connectivity index (χ2v) is 7.70. The highest BCUT2D eigenvalue weighted by Gasteiger charge is 2.38. The molecule has 1 aliphatic rings. The first-order chi connectivity index (χ1) is 15.7. The number of ether oxygens (including phenoxy) is 1. The molecule has 168 valence electrons. The van der Waals surface area contributed by atoms with Crippen molar-refractivity contribution >= 4 is 35.2 Å². The number of rotatable bonds is 5. The third-order valence-corrected chi connectivity index (χ3v) is 5.41. The van der Waals surface area contributed by atoms with Gasteiger partial charge in [-0.1, -0.05) is 17.7 Å². The Labute approximate surface area is 190 Å². The molecule has 0 unspecified atom stereocenters. The number of aryl methyl sites for hydroxylation is 3. The fourth-order valence-corrected chi connectivity index (χ4v) is 3.78.